The molecule has 0 spiro atoms. The zero-order chi connectivity index (χ0) is 13.7. The van der Waals surface area contributed by atoms with Crippen molar-refractivity contribution in [3.8, 4) is 11.8 Å². The number of aryl methyl sites for hydroxylation is 1. The van der Waals surface area contributed by atoms with Crippen LogP contribution >= 0.6 is 0 Å². The SMILES string of the molecule is Cc1noc(NC(=O)c2ccccc2C#CCN)n1. The van der Waals surface area contributed by atoms with Crippen molar-refractivity contribution in [2.75, 3.05) is 11.9 Å². The van der Waals surface area contributed by atoms with Gasteiger partial charge in [-0.25, -0.2) is 0 Å². The highest BCUT2D eigenvalue weighted by atomic mass is 16.5. The van der Waals surface area contributed by atoms with Gasteiger partial charge in [0.25, 0.3) is 5.91 Å². The number of anilines is 1. The third-order valence-corrected chi connectivity index (χ3v) is 2.24. The Hall–Kier alpha value is -2.65. The van der Waals surface area contributed by atoms with Gasteiger partial charge in [-0.2, -0.15) is 4.98 Å². The molecule has 96 valence electrons. The van der Waals surface area contributed by atoms with Crippen LogP contribution in [-0.2, 0) is 0 Å². The van der Waals surface area contributed by atoms with Crippen molar-refractivity contribution in [2.45, 2.75) is 6.92 Å². The molecule has 6 heteroatoms. The summed E-state index contributed by atoms with van der Waals surface area (Å²) in [6.07, 6.45) is 0. The second-order valence-electron chi connectivity index (χ2n) is 3.65. The first-order valence-corrected chi connectivity index (χ1v) is 5.60. The quantitative estimate of drug-likeness (QED) is 0.780. The van der Waals surface area contributed by atoms with E-state index in [4.69, 9.17) is 10.3 Å². The van der Waals surface area contributed by atoms with Gasteiger partial charge in [0, 0.05) is 5.56 Å². The number of nitrogens with two attached hydrogens (primary N) is 1. The molecule has 0 radical (unpaired) electrons. The van der Waals surface area contributed by atoms with Gasteiger partial charge in [-0.1, -0.05) is 29.1 Å². The lowest BCUT2D eigenvalue weighted by Crippen LogP contribution is -2.13. The third-order valence-electron chi connectivity index (χ3n) is 2.24. The Balaban J connectivity index is 2.23. The van der Waals surface area contributed by atoms with Crippen molar-refractivity contribution in [1.29, 1.82) is 0 Å². The van der Waals surface area contributed by atoms with Crippen molar-refractivity contribution in [3.05, 3.63) is 41.2 Å². The number of hydrogen-bond donors (Lipinski definition) is 2. The standard InChI is InChI=1S/C13H12N4O2/c1-9-15-13(19-17-9)16-12(18)11-7-3-2-5-10(11)6-4-8-14/h2-3,5,7H,8,14H2,1H3,(H,15,16,17,18). The number of rotatable bonds is 2. The number of benzene rings is 1. The Kier molecular flexibility index (Phi) is 3.90. The van der Waals surface area contributed by atoms with Crippen LogP contribution in [0, 0.1) is 18.8 Å². The first-order valence-electron chi connectivity index (χ1n) is 5.60. The minimum Gasteiger partial charge on any atom is -0.320 e. The molecule has 6 nitrogen and oxygen atoms in total. The molecule has 0 unspecified atom stereocenters. The lowest BCUT2D eigenvalue weighted by atomic mass is 10.1. The van der Waals surface area contributed by atoms with Gasteiger partial charge in [0.05, 0.1) is 12.1 Å². The van der Waals surface area contributed by atoms with Crippen LogP contribution < -0.4 is 11.1 Å². The van der Waals surface area contributed by atoms with E-state index in [-0.39, 0.29) is 18.5 Å². The molecular formula is C13H12N4O2. The molecule has 0 saturated carbocycles. The Bertz CT molecular complexity index is 652. The molecule has 0 aliphatic carbocycles. The van der Waals surface area contributed by atoms with Crippen LogP contribution in [0.2, 0.25) is 0 Å². The number of carbonyl (C=O) groups is 1. The maximum Gasteiger partial charge on any atom is 0.328 e. The van der Waals surface area contributed by atoms with Crippen LogP contribution in [0.3, 0.4) is 0 Å². The van der Waals surface area contributed by atoms with E-state index in [1.165, 1.54) is 0 Å². The average Bonchev–Trinajstić information content (AvgIpc) is 2.82. The average molecular weight is 256 g/mol. The van der Waals surface area contributed by atoms with Gasteiger partial charge in [-0.15, -0.1) is 0 Å². The first kappa shape index (κ1) is 12.8. The van der Waals surface area contributed by atoms with Gasteiger partial charge in [0.1, 0.15) is 0 Å². The van der Waals surface area contributed by atoms with E-state index in [9.17, 15) is 4.79 Å². The first-order chi connectivity index (χ1) is 9.20. The van der Waals surface area contributed by atoms with E-state index in [1.54, 1.807) is 31.2 Å². The summed E-state index contributed by atoms with van der Waals surface area (Å²) >= 11 is 0. The fourth-order valence-electron chi connectivity index (χ4n) is 1.45. The van der Waals surface area contributed by atoms with Crippen molar-refractivity contribution in [1.82, 2.24) is 10.1 Å². The summed E-state index contributed by atoms with van der Waals surface area (Å²) in [6.45, 7) is 1.90. The molecule has 2 aromatic rings. The molecule has 0 aliphatic rings. The molecule has 1 aromatic carbocycles. The van der Waals surface area contributed by atoms with E-state index >= 15 is 0 Å². The predicted molar refractivity (Wildman–Crippen MR) is 69.4 cm³/mol. The Morgan fingerprint density at radius 3 is 2.95 bits per heavy atom. The van der Waals surface area contributed by atoms with E-state index in [0.717, 1.165) is 0 Å². The lowest BCUT2D eigenvalue weighted by Gasteiger charge is -2.02. The van der Waals surface area contributed by atoms with Crippen LogP contribution in [-0.4, -0.2) is 22.6 Å². The number of aromatic nitrogens is 2. The highest BCUT2D eigenvalue weighted by Gasteiger charge is 2.12. The van der Waals surface area contributed by atoms with Gasteiger partial charge in [-0.05, 0) is 19.1 Å². The van der Waals surface area contributed by atoms with Crippen LogP contribution in [0.5, 0.6) is 0 Å². The van der Waals surface area contributed by atoms with Gasteiger partial charge < -0.3 is 10.3 Å². The molecule has 0 fully saturated rings. The number of nitrogens with one attached hydrogen (secondary N) is 1. The van der Waals surface area contributed by atoms with Crippen LogP contribution in [0.1, 0.15) is 21.7 Å². The third kappa shape index (κ3) is 3.18. The normalized spacial score (nSPS) is 9.58. The lowest BCUT2D eigenvalue weighted by molar-refractivity contribution is 0.102. The predicted octanol–water partition coefficient (Wildman–Crippen LogP) is 0.941. The molecule has 19 heavy (non-hydrogen) atoms. The zero-order valence-corrected chi connectivity index (χ0v) is 10.3. The number of amides is 1. The zero-order valence-electron chi connectivity index (χ0n) is 10.3. The van der Waals surface area contributed by atoms with Crippen LogP contribution in [0.15, 0.2) is 28.8 Å². The van der Waals surface area contributed by atoms with E-state index in [0.29, 0.717) is 17.0 Å². The summed E-state index contributed by atoms with van der Waals surface area (Å²) in [6, 6.07) is 7.02. The molecule has 0 aliphatic heterocycles. The minimum atomic E-state index is -0.356. The molecule has 3 N–H and O–H groups in total. The van der Waals surface area contributed by atoms with Gasteiger partial charge in [-0.3, -0.25) is 10.1 Å². The molecule has 1 aromatic heterocycles. The summed E-state index contributed by atoms with van der Waals surface area (Å²) < 4.78 is 4.83. The fourth-order valence-corrected chi connectivity index (χ4v) is 1.45. The van der Waals surface area contributed by atoms with E-state index < -0.39 is 0 Å². The topological polar surface area (TPSA) is 94.0 Å². The monoisotopic (exact) mass is 256 g/mol. The Morgan fingerprint density at radius 2 is 2.26 bits per heavy atom. The highest BCUT2D eigenvalue weighted by molar-refractivity contribution is 6.04. The van der Waals surface area contributed by atoms with Crippen LogP contribution in [0.25, 0.3) is 0 Å². The molecule has 0 bridgehead atoms. The van der Waals surface area contributed by atoms with Crippen molar-refractivity contribution >= 4 is 11.9 Å². The fraction of sp³-hybridized carbons (Fsp3) is 0.154. The minimum absolute atomic E-state index is 0.0593. The van der Waals surface area contributed by atoms with Crippen molar-refractivity contribution < 1.29 is 9.32 Å². The molecule has 2 rings (SSSR count). The van der Waals surface area contributed by atoms with E-state index in [2.05, 4.69) is 27.3 Å². The molecule has 1 amide bonds. The summed E-state index contributed by atoms with van der Waals surface area (Å²) in [5, 5.41) is 6.11. The van der Waals surface area contributed by atoms with Crippen molar-refractivity contribution in [2.24, 2.45) is 5.73 Å². The van der Waals surface area contributed by atoms with Gasteiger partial charge >= 0.3 is 6.01 Å². The van der Waals surface area contributed by atoms with Crippen LogP contribution in [0.4, 0.5) is 6.01 Å². The summed E-state index contributed by atoms with van der Waals surface area (Å²) in [7, 11) is 0. The molecule has 1 heterocycles. The summed E-state index contributed by atoms with van der Waals surface area (Å²) in [5.41, 5.74) is 6.35. The maximum atomic E-state index is 12.1. The van der Waals surface area contributed by atoms with Gasteiger partial charge in [0.15, 0.2) is 5.82 Å². The Morgan fingerprint density at radius 1 is 1.47 bits per heavy atom. The van der Waals surface area contributed by atoms with Crippen molar-refractivity contribution in [3.63, 3.8) is 0 Å². The number of nitrogens with zero attached hydrogens (tertiary/aromatic N) is 2. The smallest absolute Gasteiger partial charge is 0.320 e. The number of hydrogen-bond acceptors (Lipinski definition) is 5. The Labute approximate surface area is 110 Å². The molecular weight excluding hydrogens is 244 g/mol. The summed E-state index contributed by atoms with van der Waals surface area (Å²) in [4.78, 5) is 16.0. The molecule has 0 atom stereocenters. The van der Waals surface area contributed by atoms with E-state index in [1.807, 2.05) is 0 Å². The largest absolute Gasteiger partial charge is 0.328 e. The summed E-state index contributed by atoms with van der Waals surface area (Å²) in [5.74, 6) is 5.65. The molecule has 0 saturated heterocycles. The maximum absolute atomic E-state index is 12.1. The second kappa shape index (κ2) is 5.80. The highest BCUT2D eigenvalue weighted by Crippen LogP contribution is 2.10. The second-order valence-corrected chi connectivity index (χ2v) is 3.65. The number of carbonyl (C=O) groups excluding carboxylic acids is 1. The van der Waals surface area contributed by atoms with Gasteiger partial charge in [0.2, 0.25) is 0 Å².